The van der Waals surface area contributed by atoms with E-state index >= 15 is 0 Å². The molecule has 0 radical (unpaired) electrons. The number of anilines is 1. The second-order valence-electron chi connectivity index (χ2n) is 5.59. The van der Waals surface area contributed by atoms with Crippen LogP contribution in [-0.4, -0.2) is 28.9 Å². The third-order valence-electron chi connectivity index (χ3n) is 3.78. The van der Waals surface area contributed by atoms with Gasteiger partial charge in [0.1, 0.15) is 11.9 Å². The fourth-order valence-corrected chi connectivity index (χ4v) is 2.48. The second kappa shape index (κ2) is 5.37. The highest BCUT2D eigenvalue weighted by Crippen LogP contribution is 2.28. The molecule has 0 spiro atoms. The molecule has 21 heavy (non-hydrogen) atoms. The van der Waals surface area contributed by atoms with Gasteiger partial charge in [0.05, 0.1) is 13.1 Å². The first-order chi connectivity index (χ1) is 10.4. The van der Waals surface area contributed by atoms with Crippen molar-refractivity contribution >= 4 is 6.01 Å². The van der Waals surface area contributed by atoms with E-state index in [-0.39, 0.29) is 6.10 Å². The Morgan fingerprint density at radius 1 is 1.19 bits per heavy atom. The average molecular weight is 286 g/mol. The largest absolute Gasteiger partial charge is 0.488 e. The molecule has 1 aliphatic heterocycles. The molecule has 0 saturated heterocycles. The van der Waals surface area contributed by atoms with Gasteiger partial charge >= 0.3 is 6.01 Å². The molecule has 2 aliphatic rings. The topological polar surface area (TPSA) is 72.2 Å². The van der Waals surface area contributed by atoms with Crippen molar-refractivity contribution in [1.29, 1.82) is 0 Å². The highest BCUT2D eigenvalue weighted by Gasteiger charge is 2.23. The maximum Gasteiger partial charge on any atom is 0.315 e. The third kappa shape index (κ3) is 3.00. The van der Waals surface area contributed by atoms with Crippen molar-refractivity contribution in [3.63, 3.8) is 0 Å². The summed E-state index contributed by atoms with van der Waals surface area (Å²) in [6.45, 7) is 1.30. The van der Waals surface area contributed by atoms with Gasteiger partial charge in [0.15, 0.2) is 0 Å². The summed E-state index contributed by atoms with van der Waals surface area (Å²) >= 11 is 0. The quantitative estimate of drug-likeness (QED) is 0.842. The Hall–Kier alpha value is -2.08. The van der Waals surface area contributed by atoms with Crippen LogP contribution < -0.4 is 15.4 Å². The molecule has 1 unspecified atom stereocenters. The van der Waals surface area contributed by atoms with Gasteiger partial charge in [-0.25, -0.2) is 0 Å². The van der Waals surface area contributed by atoms with E-state index in [1.54, 1.807) is 0 Å². The average Bonchev–Trinajstić information content (AvgIpc) is 3.07. The summed E-state index contributed by atoms with van der Waals surface area (Å²) in [4.78, 5) is 0. The van der Waals surface area contributed by atoms with E-state index in [4.69, 9.17) is 9.15 Å². The normalized spacial score (nSPS) is 20.1. The molecule has 1 atom stereocenters. The molecular formula is C15H18N4O2. The van der Waals surface area contributed by atoms with Crippen LogP contribution in [0.3, 0.4) is 0 Å². The van der Waals surface area contributed by atoms with Crippen LogP contribution >= 0.6 is 0 Å². The van der Waals surface area contributed by atoms with E-state index in [9.17, 15) is 0 Å². The zero-order valence-corrected chi connectivity index (χ0v) is 11.7. The van der Waals surface area contributed by atoms with Crippen LogP contribution in [0.25, 0.3) is 0 Å². The predicted molar refractivity (Wildman–Crippen MR) is 77.2 cm³/mol. The number of rotatable bonds is 6. The fourth-order valence-electron chi connectivity index (χ4n) is 2.48. The molecule has 1 aromatic heterocycles. The molecule has 0 bridgehead atoms. The first kappa shape index (κ1) is 12.6. The summed E-state index contributed by atoms with van der Waals surface area (Å²) < 4.78 is 11.4. The first-order valence-corrected chi connectivity index (χ1v) is 7.41. The van der Waals surface area contributed by atoms with Crippen molar-refractivity contribution in [3.8, 4) is 5.75 Å². The summed E-state index contributed by atoms with van der Waals surface area (Å²) in [6, 6.07) is 9.23. The fraction of sp³-hybridized carbons (Fsp3) is 0.467. The third-order valence-corrected chi connectivity index (χ3v) is 3.78. The number of ether oxygens (including phenoxy) is 1. The molecule has 1 fully saturated rings. The number of hydrogen-bond donors (Lipinski definition) is 2. The van der Waals surface area contributed by atoms with Gasteiger partial charge in [-0.05, 0) is 24.5 Å². The lowest BCUT2D eigenvalue weighted by molar-refractivity contribution is 0.245. The van der Waals surface area contributed by atoms with Gasteiger partial charge in [0.2, 0.25) is 5.89 Å². The highest BCUT2D eigenvalue weighted by molar-refractivity contribution is 5.37. The molecule has 6 heteroatoms. The van der Waals surface area contributed by atoms with E-state index in [1.165, 1.54) is 18.4 Å². The van der Waals surface area contributed by atoms with Crippen LogP contribution in [0.5, 0.6) is 5.75 Å². The molecule has 1 aliphatic carbocycles. The summed E-state index contributed by atoms with van der Waals surface area (Å²) in [5.41, 5.74) is 1.25. The van der Waals surface area contributed by atoms with Crippen LogP contribution in [0.15, 0.2) is 28.7 Å². The van der Waals surface area contributed by atoms with Crippen LogP contribution in [0, 0.1) is 0 Å². The minimum absolute atomic E-state index is 0.113. The van der Waals surface area contributed by atoms with Crippen molar-refractivity contribution in [2.24, 2.45) is 0 Å². The Labute approximate surface area is 122 Å². The summed E-state index contributed by atoms with van der Waals surface area (Å²) in [7, 11) is 0. The summed E-state index contributed by atoms with van der Waals surface area (Å²) in [5, 5.41) is 14.5. The monoisotopic (exact) mass is 286 g/mol. The van der Waals surface area contributed by atoms with Crippen molar-refractivity contribution in [2.45, 2.75) is 38.0 Å². The van der Waals surface area contributed by atoms with Gasteiger partial charge in [-0.2, -0.15) is 0 Å². The Kier molecular flexibility index (Phi) is 3.23. The number of nitrogens with zero attached hydrogens (tertiary/aromatic N) is 2. The smallest absolute Gasteiger partial charge is 0.315 e. The minimum atomic E-state index is 0.113. The zero-order valence-electron chi connectivity index (χ0n) is 11.7. The summed E-state index contributed by atoms with van der Waals surface area (Å²) in [6.07, 6.45) is 3.52. The highest BCUT2D eigenvalue weighted by atomic mass is 16.5. The van der Waals surface area contributed by atoms with Gasteiger partial charge in [-0.3, -0.25) is 0 Å². The standard InChI is InChI=1S/C15H18N4O2/c1-2-4-13-10(3-1)7-12(20-13)8-17-15-19-18-14(21-15)9-16-11-5-6-11/h1-4,11-12,16H,5-9H2,(H,17,19). The molecule has 110 valence electrons. The number of nitrogens with one attached hydrogen (secondary N) is 2. The zero-order chi connectivity index (χ0) is 14.1. The van der Waals surface area contributed by atoms with Gasteiger partial charge in [-0.1, -0.05) is 23.3 Å². The number of hydrogen-bond acceptors (Lipinski definition) is 6. The van der Waals surface area contributed by atoms with Gasteiger partial charge in [0, 0.05) is 12.5 Å². The van der Waals surface area contributed by atoms with Gasteiger partial charge in [-0.15, -0.1) is 5.10 Å². The lowest BCUT2D eigenvalue weighted by Crippen LogP contribution is -2.24. The molecule has 1 aromatic carbocycles. The maximum absolute atomic E-state index is 5.86. The molecule has 2 N–H and O–H groups in total. The Morgan fingerprint density at radius 3 is 2.95 bits per heavy atom. The first-order valence-electron chi connectivity index (χ1n) is 7.41. The number of para-hydroxylation sites is 1. The molecule has 0 amide bonds. The second-order valence-corrected chi connectivity index (χ2v) is 5.59. The Balaban J connectivity index is 1.27. The maximum atomic E-state index is 5.86. The summed E-state index contributed by atoms with van der Waals surface area (Å²) in [5.74, 6) is 1.60. The molecule has 4 rings (SSSR count). The Bertz CT molecular complexity index is 599. The molecule has 2 aromatic rings. The minimum Gasteiger partial charge on any atom is -0.488 e. The SMILES string of the molecule is c1ccc2c(c1)CC(CNc1nnc(CNC3CC3)o1)O2. The molecule has 2 heterocycles. The van der Waals surface area contributed by atoms with E-state index in [0.29, 0.717) is 31.0 Å². The van der Waals surface area contributed by atoms with Crippen molar-refractivity contribution in [2.75, 3.05) is 11.9 Å². The van der Waals surface area contributed by atoms with Crippen LogP contribution in [0.1, 0.15) is 24.3 Å². The Morgan fingerprint density at radius 2 is 2.10 bits per heavy atom. The lowest BCUT2D eigenvalue weighted by Gasteiger charge is -2.10. The van der Waals surface area contributed by atoms with Crippen molar-refractivity contribution in [3.05, 3.63) is 35.7 Å². The van der Waals surface area contributed by atoms with E-state index in [2.05, 4.69) is 26.9 Å². The number of fused-ring (bicyclic) bond motifs is 1. The number of benzene rings is 1. The van der Waals surface area contributed by atoms with Gasteiger partial charge < -0.3 is 19.8 Å². The van der Waals surface area contributed by atoms with Crippen LogP contribution in [0.4, 0.5) is 6.01 Å². The molecule has 1 saturated carbocycles. The molecule has 6 nitrogen and oxygen atoms in total. The van der Waals surface area contributed by atoms with E-state index < -0.39 is 0 Å². The van der Waals surface area contributed by atoms with E-state index in [0.717, 1.165) is 12.2 Å². The van der Waals surface area contributed by atoms with Crippen LogP contribution in [0.2, 0.25) is 0 Å². The predicted octanol–water partition coefficient (Wildman–Crippen LogP) is 1.74. The van der Waals surface area contributed by atoms with Crippen molar-refractivity contribution < 1.29 is 9.15 Å². The van der Waals surface area contributed by atoms with Crippen molar-refractivity contribution in [1.82, 2.24) is 15.5 Å². The number of aromatic nitrogens is 2. The van der Waals surface area contributed by atoms with Crippen LogP contribution in [-0.2, 0) is 13.0 Å². The van der Waals surface area contributed by atoms with Gasteiger partial charge in [0.25, 0.3) is 0 Å². The van der Waals surface area contributed by atoms with E-state index in [1.807, 2.05) is 18.2 Å². The molecular weight excluding hydrogens is 268 g/mol. The lowest BCUT2D eigenvalue weighted by atomic mass is 10.1.